The molecule has 0 bridgehead atoms. The molecule has 22 heavy (non-hydrogen) atoms. The van der Waals surface area contributed by atoms with E-state index in [1.165, 1.54) is 13.3 Å². The first-order valence-corrected chi connectivity index (χ1v) is 6.94. The molecule has 2 aromatic rings. The molecule has 0 N–H and O–H groups in total. The normalized spacial score (nSPS) is 12.1. The van der Waals surface area contributed by atoms with Crippen LogP contribution in [0.1, 0.15) is 42.5 Å². The number of esters is 1. The molecule has 0 aromatic carbocycles. The van der Waals surface area contributed by atoms with Crippen LogP contribution in [0.3, 0.4) is 0 Å². The fraction of sp³-hybridized carbons (Fsp3) is 0.438. The molecule has 6 heteroatoms. The van der Waals surface area contributed by atoms with E-state index < -0.39 is 5.97 Å². The van der Waals surface area contributed by atoms with Crippen LogP contribution in [-0.2, 0) is 21.9 Å². The first kappa shape index (κ1) is 16.0. The van der Waals surface area contributed by atoms with Crippen LogP contribution in [0.4, 0.5) is 0 Å². The summed E-state index contributed by atoms with van der Waals surface area (Å²) in [5.41, 5.74) is 3.46. The van der Waals surface area contributed by atoms with Gasteiger partial charge in [-0.15, -0.1) is 0 Å². The zero-order chi connectivity index (χ0) is 16.5. The van der Waals surface area contributed by atoms with Crippen molar-refractivity contribution >= 4 is 23.2 Å². The second-order valence-corrected chi connectivity index (χ2v) is 6.03. The maximum atomic E-state index is 11.7. The Morgan fingerprint density at radius 3 is 2.55 bits per heavy atom. The number of rotatable bonds is 3. The largest absolute Gasteiger partial charge is 0.504 e. The van der Waals surface area contributed by atoms with Gasteiger partial charge in [0.25, 0.3) is 0 Å². The molecule has 0 saturated carbocycles. The van der Waals surface area contributed by atoms with Crippen molar-refractivity contribution in [1.29, 1.82) is 0 Å². The summed E-state index contributed by atoms with van der Waals surface area (Å²) in [6.45, 7) is 6.35. The van der Waals surface area contributed by atoms with Gasteiger partial charge >= 0.3 is 5.97 Å². The van der Waals surface area contributed by atoms with Crippen LogP contribution in [0.5, 0.6) is 0 Å². The minimum absolute atomic E-state index is 0.115. The zero-order valence-corrected chi connectivity index (χ0v) is 13.8. The van der Waals surface area contributed by atoms with Crippen LogP contribution in [0.25, 0.3) is 17.2 Å². The molecule has 6 nitrogen and oxygen atoms in total. The molecule has 0 radical (unpaired) electrons. The van der Waals surface area contributed by atoms with Crippen molar-refractivity contribution in [2.75, 3.05) is 14.2 Å². The van der Waals surface area contributed by atoms with E-state index in [0.29, 0.717) is 5.65 Å². The van der Waals surface area contributed by atoms with Crippen LogP contribution in [0.2, 0.25) is 0 Å². The van der Waals surface area contributed by atoms with Gasteiger partial charge in [0, 0.05) is 23.7 Å². The summed E-state index contributed by atoms with van der Waals surface area (Å²) < 4.78 is 11.7. The molecular formula is C16H21N3O3. The highest BCUT2D eigenvalue weighted by molar-refractivity contribution is 5.91. The number of aryl methyl sites for hydroxylation is 1. The van der Waals surface area contributed by atoms with Crippen LogP contribution in [0, 0.1) is 0 Å². The highest BCUT2D eigenvalue weighted by Gasteiger charge is 2.26. The summed E-state index contributed by atoms with van der Waals surface area (Å²) in [5, 5.41) is 0. The van der Waals surface area contributed by atoms with E-state index in [-0.39, 0.29) is 11.1 Å². The van der Waals surface area contributed by atoms with E-state index in [1.807, 2.05) is 17.7 Å². The van der Waals surface area contributed by atoms with Gasteiger partial charge in [0.15, 0.2) is 11.3 Å². The predicted molar refractivity (Wildman–Crippen MR) is 84.6 cm³/mol. The highest BCUT2D eigenvalue weighted by Crippen LogP contribution is 2.33. The summed E-state index contributed by atoms with van der Waals surface area (Å²) in [4.78, 5) is 20.5. The molecule has 0 aliphatic heterocycles. The molecular weight excluding hydrogens is 282 g/mol. The average molecular weight is 303 g/mol. The molecule has 118 valence electrons. The van der Waals surface area contributed by atoms with E-state index in [1.54, 1.807) is 13.4 Å². The third-order valence-corrected chi connectivity index (χ3v) is 3.39. The van der Waals surface area contributed by atoms with Gasteiger partial charge in [-0.2, -0.15) is 0 Å². The van der Waals surface area contributed by atoms with Crippen molar-refractivity contribution in [1.82, 2.24) is 14.5 Å². The number of hydrogen-bond acceptors (Lipinski definition) is 5. The van der Waals surface area contributed by atoms with Gasteiger partial charge in [0.05, 0.1) is 26.7 Å². The number of ether oxygens (including phenoxy) is 2. The Morgan fingerprint density at radius 1 is 1.32 bits per heavy atom. The van der Waals surface area contributed by atoms with Crippen molar-refractivity contribution in [3.8, 4) is 0 Å². The molecule has 2 aromatic heterocycles. The Kier molecular flexibility index (Phi) is 4.21. The van der Waals surface area contributed by atoms with Gasteiger partial charge in [0.2, 0.25) is 0 Å². The number of nitrogens with zero attached hydrogens (tertiary/aromatic N) is 3. The fourth-order valence-corrected chi connectivity index (χ4v) is 2.61. The molecule has 0 unspecified atom stereocenters. The Hall–Kier alpha value is -2.37. The third-order valence-electron chi connectivity index (χ3n) is 3.39. The van der Waals surface area contributed by atoms with Gasteiger partial charge in [-0.05, 0) is 6.08 Å². The second-order valence-electron chi connectivity index (χ2n) is 6.03. The first-order valence-electron chi connectivity index (χ1n) is 6.94. The van der Waals surface area contributed by atoms with E-state index in [9.17, 15) is 4.79 Å². The van der Waals surface area contributed by atoms with E-state index in [0.717, 1.165) is 16.8 Å². The number of carbonyl (C=O) groups is 1. The minimum atomic E-state index is -0.498. The summed E-state index contributed by atoms with van der Waals surface area (Å²) in [6.07, 6.45) is 4.92. The zero-order valence-electron chi connectivity index (χ0n) is 13.8. The Morgan fingerprint density at radius 2 is 2.00 bits per heavy atom. The monoisotopic (exact) mass is 303 g/mol. The first-order chi connectivity index (χ1) is 10.3. The molecule has 2 heterocycles. The quantitative estimate of drug-likeness (QED) is 0.644. The molecule has 0 spiro atoms. The third kappa shape index (κ3) is 2.68. The van der Waals surface area contributed by atoms with Crippen LogP contribution in [-0.4, -0.2) is 34.7 Å². The number of methoxy groups -OCH3 is 2. The molecule has 0 aliphatic carbocycles. The van der Waals surface area contributed by atoms with Gasteiger partial charge in [-0.3, -0.25) is 0 Å². The van der Waals surface area contributed by atoms with Gasteiger partial charge in [-0.1, -0.05) is 20.8 Å². The van der Waals surface area contributed by atoms with E-state index in [2.05, 4.69) is 30.7 Å². The summed E-state index contributed by atoms with van der Waals surface area (Å²) in [6, 6.07) is 0. The van der Waals surface area contributed by atoms with Crippen LogP contribution in [0.15, 0.2) is 12.5 Å². The molecule has 2 rings (SSSR count). The van der Waals surface area contributed by atoms with Crippen molar-refractivity contribution < 1.29 is 14.3 Å². The molecule has 0 fully saturated rings. The molecule has 0 aliphatic rings. The lowest BCUT2D eigenvalue weighted by atomic mass is 9.89. The maximum Gasteiger partial charge on any atom is 0.358 e. The number of hydrogen-bond donors (Lipinski definition) is 0. The predicted octanol–water partition coefficient (Wildman–Crippen LogP) is 2.67. The summed E-state index contributed by atoms with van der Waals surface area (Å²) >= 11 is 0. The Balaban J connectivity index is 2.79. The van der Waals surface area contributed by atoms with E-state index in [4.69, 9.17) is 9.47 Å². The van der Waals surface area contributed by atoms with Crippen molar-refractivity contribution in [2.45, 2.75) is 26.2 Å². The van der Waals surface area contributed by atoms with Crippen LogP contribution >= 0.6 is 0 Å². The smallest absolute Gasteiger partial charge is 0.358 e. The number of aromatic nitrogens is 3. The van der Waals surface area contributed by atoms with Crippen molar-refractivity contribution in [2.24, 2.45) is 7.05 Å². The van der Waals surface area contributed by atoms with Gasteiger partial charge < -0.3 is 14.0 Å². The lowest BCUT2D eigenvalue weighted by molar-refractivity contribution is 0.0594. The summed E-state index contributed by atoms with van der Waals surface area (Å²) in [5.74, 6) is -0.498. The van der Waals surface area contributed by atoms with Gasteiger partial charge in [0.1, 0.15) is 5.52 Å². The molecule has 0 saturated heterocycles. The number of carbonyl (C=O) groups excluding carboxylic acids is 1. The topological polar surface area (TPSA) is 66.2 Å². The molecule has 0 atom stereocenters. The van der Waals surface area contributed by atoms with E-state index >= 15 is 0 Å². The van der Waals surface area contributed by atoms with Gasteiger partial charge in [-0.25, -0.2) is 14.8 Å². The Bertz CT molecular complexity index is 739. The van der Waals surface area contributed by atoms with Crippen molar-refractivity contribution in [3.63, 3.8) is 0 Å². The standard InChI is InChI=1S/C16H21N3O3/c1-16(2,3)13-10(7-8-21-5)12-14(19(13)4)18-11(9-17-12)15(20)22-6/h7-9H,1-6H3/b8-7+. The lowest BCUT2D eigenvalue weighted by Crippen LogP contribution is -2.17. The molecule has 0 amide bonds. The average Bonchev–Trinajstić information content (AvgIpc) is 2.76. The SMILES string of the molecule is CO/C=C/c1c(C(C)(C)C)n(C)c2nc(C(=O)OC)cnc12. The Labute approximate surface area is 129 Å². The number of fused-ring (bicyclic) bond motifs is 1. The van der Waals surface area contributed by atoms with Crippen molar-refractivity contribution in [3.05, 3.63) is 29.4 Å². The highest BCUT2D eigenvalue weighted by atomic mass is 16.5. The summed E-state index contributed by atoms with van der Waals surface area (Å²) in [7, 11) is 4.84. The maximum absolute atomic E-state index is 11.7. The fourth-order valence-electron chi connectivity index (χ4n) is 2.61. The minimum Gasteiger partial charge on any atom is -0.504 e. The van der Waals surface area contributed by atoms with Crippen LogP contribution < -0.4 is 0 Å². The second kappa shape index (κ2) is 5.79. The lowest BCUT2D eigenvalue weighted by Gasteiger charge is -2.21.